The Balaban J connectivity index is 1.45. The van der Waals surface area contributed by atoms with Gasteiger partial charge in [0.1, 0.15) is 18.5 Å². The van der Waals surface area contributed by atoms with Gasteiger partial charge in [-0.1, -0.05) is 29.3 Å². The summed E-state index contributed by atoms with van der Waals surface area (Å²) >= 11 is 17.7. The molecule has 1 saturated heterocycles. The molecule has 2 atom stereocenters. The van der Waals surface area contributed by atoms with E-state index >= 15 is 0 Å². The first kappa shape index (κ1) is 22.8. The minimum atomic E-state index is -1.08. The van der Waals surface area contributed by atoms with Crippen molar-refractivity contribution in [2.24, 2.45) is 0 Å². The van der Waals surface area contributed by atoms with Crippen molar-refractivity contribution in [2.75, 3.05) is 25.6 Å². The number of thiocarbonyl (C=S) groups is 1. The van der Waals surface area contributed by atoms with Crippen LogP contribution in [0.3, 0.4) is 0 Å². The van der Waals surface area contributed by atoms with E-state index in [1.165, 1.54) is 0 Å². The van der Waals surface area contributed by atoms with E-state index in [2.05, 4.69) is 15.6 Å². The van der Waals surface area contributed by atoms with Crippen LogP contribution in [0.4, 0.5) is 5.69 Å². The maximum Gasteiger partial charge on any atom is 0.215 e. The van der Waals surface area contributed by atoms with Gasteiger partial charge in [-0.25, -0.2) is 4.98 Å². The molecule has 2 heterocycles. The standard InChI is InChI=1S/C22H22Cl2N4O3S/c1-25-21(32)27-16-3-5-17(6-4-16)29-11-18-12-30-22(31-18,13-28-9-8-26-14-28)19-7-2-15(23)10-20(19)24/h2-10,14,18H,11-13H2,1H3,(H2,25,27,32)/t18-,22-/m1/s1. The molecule has 0 saturated carbocycles. The summed E-state index contributed by atoms with van der Waals surface area (Å²) in [6.07, 6.45) is 4.96. The summed E-state index contributed by atoms with van der Waals surface area (Å²) in [4.78, 5) is 4.11. The molecule has 0 amide bonds. The predicted molar refractivity (Wildman–Crippen MR) is 128 cm³/mol. The topological polar surface area (TPSA) is 69.6 Å². The first-order valence-electron chi connectivity index (χ1n) is 9.92. The molecule has 3 aromatic rings. The predicted octanol–water partition coefficient (Wildman–Crippen LogP) is 4.45. The number of benzene rings is 2. The average Bonchev–Trinajstić information content (AvgIpc) is 3.44. The number of rotatable bonds is 7. The lowest BCUT2D eigenvalue weighted by Crippen LogP contribution is -2.34. The van der Waals surface area contributed by atoms with Crippen molar-refractivity contribution in [3.8, 4) is 5.75 Å². The van der Waals surface area contributed by atoms with E-state index in [1.54, 1.807) is 31.7 Å². The molecule has 7 nitrogen and oxygen atoms in total. The fraction of sp³-hybridized carbons (Fsp3) is 0.273. The van der Waals surface area contributed by atoms with Crippen LogP contribution >= 0.6 is 35.4 Å². The molecular formula is C22H22Cl2N4O3S. The molecule has 0 aliphatic carbocycles. The van der Waals surface area contributed by atoms with Gasteiger partial charge in [0.15, 0.2) is 5.11 Å². The highest BCUT2D eigenvalue weighted by Crippen LogP contribution is 2.40. The van der Waals surface area contributed by atoms with Gasteiger partial charge in [-0.3, -0.25) is 0 Å². The summed E-state index contributed by atoms with van der Waals surface area (Å²) in [5.74, 6) is -0.362. The third-order valence-corrected chi connectivity index (χ3v) is 5.78. The fourth-order valence-electron chi connectivity index (χ4n) is 3.39. The van der Waals surface area contributed by atoms with Gasteiger partial charge in [-0.05, 0) is 48.6 Å². The summed E-state index contributed by atoms with van der Waals surface area (Å²) in [5, 5.41) is 7.50. The highest BCUT2D eigenvalue weighted by molar-refractivity contribution is 7.80. The minimum Gasteiger partial charge on any atom is -0.491 e. The van der Waals surface area contributed by atoms with Gasteiger partial charge >= 0.3 is 0 Å². The monoisotopic (exact) mass is 492 g/mol. The molecule has 32 heavy (non-hydrogen) atoms. The zero-order chi connectivity index (χ0) is 22.6. The lowest BCUT2D eigenvalue weighted by atomic mass is 10.1. The second-order valence-electron chi connectivity index (χ2n) is 7.20. The SMILES string of the molecule is CNC(=S)Nc1ccc(OC[C@@H]2CO[C@@](Cn3ccnc3)(c3ccc(Cl)cc3Cl)O2)cc1. The summed E-state index contributed by atoms with van der Waals surface area (Å²) in [5.41, 5.74) is 1.57. The Morgan fingerprint density at radius 1 is 1.28 bits per heavy atom. The average molecular weight is 493 g/mol. The van der Waals surface area contributed by atoms with Gasteiger partial charge in [0.05, 0.1) is 24.5 Å². The molecular weight excluding hydrogens is 471 g/mol. The van der Waals surface area contributed by atoms with Crippen molar-refractivity contribution in [1.82, 2.24) is 14.9 Å². The second-order valence-corrected chi connectivity index (χ2v) is 8.45. The van der Waals surface area contributed by atoms with E-state index in [1.807, 2.05) is 41.1 Å². The number of anilines is 1. The van der Waals surface area contributed by atoms with Gasteiger partial charge in [-0.15, -0.1) is 0 Å². The number of nitrogens with one attached hydrogen (secondary N) is 2. The zero-order valence-corrected chi connectivity index (χ0v) is 19.6. The molecule has 0 radical (unpaired) electrons. The number of hydrogen-bond donors (Lipinski definition) is 2. The summed E-state index contributed by atoms with van der Waals surface area (Å²) in [7, 11) is 1.76. The van der Waals surface area contributed by atoms with Crippen molar-refractivity contribution in [1.29, 1.82) is 0 Å². The number of ether oxygens (including phenoxy) is 3. The third-order valence-electron chi connectivity index (χ3n) is 4.93. The minimum absolute atomic E-state index is 0.292. The molecule has 2 aromatic carbocycles. The van der Waals surface area contributed by atoms with Crippen LogP contribution < -0.4 is 15.4 Å². The van der Waals surface area contributed by atoms with Crippen LogP contribution in [0.25, 0.3) is 0 Å². The van der Waals surface area contributed by atoms with Gasteiger partial charge in [0.2, 0.25) is 5.79 Å². The van der Waals surface area contributed by atoms with Gasteiger partial charge in [-0.2, -0.15) is 0 Å². The highest BCUT2D eigenvalue weighted by atomic mass is 35.5. The van der Waals surface area contributed by atoms with Crippen molar-refractivity contribution in [3.63, 3.8) is 0 Å². The molecule has 2 N–H and O–H groups in total. The maximum absolute atomic E-state index is 6.50. The van der Waals surface area contributed by atoms with Crippen LogP contribution in [0.2, 0.25) is 10.0 Å². The first-order chi connectivity index (χ1) is 15.5. The Bertz CT molecular complexity index is 1070. The largest absolute Gasteiger partial charge is 0.491 e. The molecule has 10 heteroatoms. The zero-order valence-electron chi connectivity index (χ0n) is 17.3. The third kappa shape index (κ3) is 5.33. The Kier molecular flexibility index (Phi) is 7.17. The first-order valence-corrected chi connectivity index (χ1v) is 11.1. The summed E-state index contributed by atoms with van der Waals surface area (Å²) < 4.78 is 20.4. The van der Waals surface area contributed by atoms with Crippen molar-refractivity contribution in [2.45, 2.75) is 18.4 Å². The number of aromatic nitrogens is 2. The van der Waals surface area contributed by atoms with Crippen LogP contribution in [0.1, 0.15) is 5.56 Å². The molecule has 1 fully saturated rings. The molecule has 1 aliphatic rings. The van der Waals surface area contributed by atoms with Gasteiger partial charge in [0.25, 0.3) is 0 Å². The number of imidazole rings is 1. The lowest BCUT2D eigenvalue weighted by molar-refractivity contribution is -0.189. The Labute approximate surface area is 201 Å². The lowest BCUT2D eigenvalue weighted by Gasteiger charge is -2.30. The van der Waals surface area contributed by atoms with Crippen molar-refractivity contribution in [3.05, 3.63) is 76.8 Å². The Morgan fingerprint density at radius 2 is 2.09 bits per heavy atom. The van der Waals surface area contributed by atoms with Crippen LogP contribution in [-0.2, 0) is 21.8 Å². The summed E-state index contributed by atoms with van der Waals surface area (Å²) in [6.45, 7) is 1.05. The quantitative estimate of drug-likeness (QED) is 0.472. The molecule has 168 valence electrons. The van der Waals surface area contributed by atoms with Crippen LogP contribution in [0.15, 0.2) is 61.2 Å². The number of halogens is 2. The molecule has 0 unspecified atom stereocenters. The molecule has 0 spiro atoms. The Hall–Kier alpha value is -2.36. The molecule has 0 bridgehead atoms. The van der Waals surface area contributed by atoms with Gasteiger partial charge < -0.3 is 29.4 Å². The van der Waals surface area contributed by atoms with Gasteiger partial charge in [0, 0.05) is 35.7 Å². The number of hydrogen-bond acceptors (Lipinski definition) is 5. The second kappa shape index (κ2) is 10.1. The van der Waals surface area contributed by atoms with Crippen LogP contribution in [0.5, 0.6) is 5.75 Å². The van der Waals surface area contributed by atoms with E-state index < -0.39 is 5.79 Å². The van der Waals surface area contributed by atoms with E-state index in [0.717, 1.165) is 5.69 Å². The van der Waals surface area contributed by atoms with Crippen LogP contribution in [0, 0.1) is 0 Å². The van der Waals surface area contributed by atoms with Crippen molar-refractivity contribution < 1.29 is 14.2 Å². The van der Waals surface area contributed by atoms with E-state index in [4.69, 9.17) is 49.6 Å². The van der Waals surface area contributed by atoms with E-state index in [0.29, 0.717) is 46.2 Å². The highest BCUT2D eigenvalue weighted by Gasteiger charge is 2.45. The smallest absolute Gasteiger partial charge is 0.215 e. The van der Waals surface area contributed by atoms with E-state index in [-0.39, 0.29) is 6.10 Å². The normalized spacial score (nSPS) is 20.2. The van der Waals surface area contributed by atoms with E-state index in [9.17, 15) is 0 Å². The summed E-state index contributed by atoms with van der Waals surface area (Å²) in [6, 6.07) is 12.8. The van der Waals surface area contributed by atoms with Crippen LogP contribution in [-0.4, -0.2) is 41.0 Å². The molecule has 4 rings (SSSR count). The Morgan fingerprint density at radius 3 is 2.78 bits per heavy atom. The molecule has 1 aromatic heterocycles. The maximum atomic E-state index is 6.50. The van der Waals surface area contributed by atoms with Crippen molar-refractivity contribution >= 4 is 46.2 Å². The number of nitrogens with zero attached hydrogens (tertiary/aromatic N) is 2. The molecule has 1 aliphatic heterocycles. The fourth-order valence-corrected chi connectivity index (χ4v) is 4.06.